The zero-order valence-electron chi connectivity index (χ0n) is 18.3. The molecule has 0 aromatic heterocycles. The molecule has 0 amide bonds. The number of aliphatic hydroxyl groups excluding tert-OH is 1. The Hall–Kier alpha value is -0.340. The van der Waals surface area contributed by atoms with Crippen molar-refractivity contribution in [3.05, 3.63) is 12.2 Å². The van der Waals surface area contributed by atoms with Gasteiger partial charge in [-0.05, 0) is 51.0 Å². The summed E-state index contributed by atoms with van der Waals surface area (Å²) in [4.78, 5) is 0. The van der Waals surface area contributed by atoms with Crippen LogP contribution >= 0.6 is 0 Å². The Labute approximate surface area is 165 Å². The van der Waals surface area contributed by atoms with Crippen molar-refractivity contribution in [1.29, 1.82) is 0 Å². The van der Waals surface area contributed by atoms with Gasteiger partial charge in [0.25, 0.3) is 0 Å². The normalized spacial score (nSPS) is 13.1. The monoisotopic (exact) mass is 367 g/mol. The first kappa shape index (κ1) is 25.7. The molecular formula is C24H49NO. The van der Waals surface area contributed by atoms with Crippen LogP contribution in [0.15, 0.2) is 12.2 Å². The number of hydrogen-bond donors (Lipinski definition) is 2. The molecule has 0 radical (unpaired) electrons. The fraction of sp³-hybridized carbons (Fsp3) is 0.917. The Balaban J connectivity index is 3.22. The van der Waals surface area contributed by atoms with E-state index in [2.05, 4.69) is 38.2 Å². The maximum absolute atomic E-state index is 9.34. The summed E-state index contributed by atoms with van der Waals surface area (Å²) in [5, 5.41) is 12.8. The van der Waals surface area contributed by atoms with E-state index in [1.807, 2.05) is 0 Å². The first-order valence-corrected chi connectivity index (χ1v) is 11.7. The van der Waals surface area contributed by atoms with Gasteiger partial charge in [0.1, 0.15) is 0 Å². The predicted octanol–water partition coefficient (Wildman–Crippen LogP) is 7.02. The molecule has 0 unspecified atom stereocenters. The van der Waals surface area contributed by atoms with Crippen molar-refractivity contribution >= 4 is 0 Å². The van der Waals surface area contributed by atoms with Crippen molar-refractivity contribution in [3.8, 4) is 0 Å². The van der Waals surface area contributed by atoms with Crippen LogP contribution in [-0.4, -0.2) is 24.3 Å². The van der Waals surface area contributed by atoms with E-state index in [0.717, 1.165) is 13.0 Å². The van der Waals surface area contributed by atoms with E-state index in [1.54, 1.807) is 0 Å². The lowest BCUT2D eigenvalue weighted by molar-refractivity contribution is 0.224. The molecule has 26 heavy (non-hydrogen) atoms. The summed E-state index contributed by atoms with van der Waals surface area (Å²) in [6.45, 7) is 8.04. The third-order valence-corrected chi connectivity index (χ3v) is 5.10. The summed E-state index contributed by atoms with van der Waals surface area (Å²) in [7, 11) is 0. The molecule has 0 rings (SSSR count). The summed E-state index contributed by atoms with van der Waals surface area (Å²) < 4.78 is 0. The number of hydrogen-bond acceptors (Lipinski definition) is 2. The Morgan fingerprint density at radius 1 is 0.731 bits per heavy atom. The molecule has 0 aliphatic rings. The quantitative estimate of drug-likeness (QED) is 0.179. The molecule has 0 fully saturated rings. The molecule has 0 spiro atoms. The fourth-order valence-corrected chi connectivity index (χ4v) is 3.47. The maximum atomic E-state index is 9.34. The van der Waals surface area contributed by atoms with Gasteiger partial charge in [-0.2, -0.15) is 0 Å². The Morgan fingerprint density at radius 3 is 1.73 bits per heavy atom. The van der Waals surface area contributed by atoms with Crippen LogP contribution in [0, 0.1) is 5.92 Å². The first-order valence-electron chi connectivity index (χ1n) is 11.7. The smallest absolute Gasteiger partial charge is 0.0584 e. The van der Waals surface area contributed by atoms with Crippen LogP contribution in [0.2, 0.25) is 0 Å². The van der Waals surface area contributed by atoms with E-state index >= 15 is 0 Å². The van der Waals surface area contributed by atoms with E-state index in [-0.39, 0.29) is 12.6 Å². The molecule has 2 heteroatoms. The van der Waals surface area contributed by atoms with Crippen molar-refractivity contribution < 1.29 is 5.11 Å². The van der Waals surface area contributed by atoms with E-state index < -0.39 is 0 Å². The van der Waals surface area contributed by atoms with Gasteiger partial charge in [0.05, 0.1) is 6.61 Å². The second kappa shape index (κ2) is 21.0. The summed E-state index contributed by atoms with van der Waals surface area (Å²) in [5.74, 6) is 0.652. The van der Waals surface area contributed by atoms with Gasteiger partial charge in [0.2, 0.25) is 0 Å². The Bertz CT molecular complexity index is 288. The van der Waals surface area contributed by atoms with E-state index in [1.165, 1.54) is 89.9 Å². The highest BCUT2D eigenvalue weighted by atomic mass is 16.3. The van der Waals surface area contributed by atoms with Crippen LogP contribution in [0.3, 0.4) is 0 Å². The second-order valence-electron chi connectivity index (χ2n) is 8.40. The lowest BCUT2D eigenvalue weighted by atomic mass is 10.0. The molecule has 0 heterocycles. The van der Waals surface area contributed by atoms with Crippen molar-refractivity contribution in [1.82, 2.24) is 5.32 Å². The minimum absolute atomic E-state index is 0.268. The van der Waals surface area contributed by atoms with Crippen molar-refractivity contribution in [2.45, 2.75) is 123 Å². The fourth-order valence-electron chi connectivity index (χ4n) is 3.47. The van der Waals surface area contributed by atoms with Gasteiger partial charge in [0, 0.05) is 6.04 Å². The predicted molar refractivity (Wildman–Crippen MR) is 118 cm³/mol. The highest BCUT2D eigenvalue weighted by molar-refractivity contribution is 4.81. The zero-order chi connectivity index (χ0) is 19.3. The number of aliphatic hydroxyl groups is 1. The molecule has 156 valence electrons. The molecule has 0 aromatic carbocycles. The van der Waals surface area contributed by atoms with Gasteiger partial charge < -0.3 is 10.4 Å². The van der Waals surface area contributed by atoms with Crippen molar-refractivity contribution in [2.75, 3.05) is 13.2 Å². The molecule has 2 nitrogen and oxygen atoms in total. The minimum atomic E-state index is 0.268. The van der Waals surface area contributed by atoms with Crippen LogP contribution in [0.4, 0.5) is 0 Å². The standard InChI is InChI=1S/C24H49NO/c1-4-5-6-7-8-9-10-11-12-13-14-15-16-17-18-19-20-25-24(22-26)21-23(2)3/h11-12,23-26H,4-10,13-22H2,1-3H3/b12-11-/t24-/m0/s1. The average Bonchev–Trinajstić information content (AvgIpc) is 2.63. The van der Waals surface area contributed by atoms with E-state index in [4.69, 9.17) is 0 Å². The van der Waals surface area contributed by atoms with Crippen LogP contribution < -0.4 is 5.32 Å². The third kappa shape index (κ3) is 20.0. The summed E-state index contributed by atoms with van der Waals surface area (Å²) in [6, 6.07) is 0.290. The molecule has 0 aromatic rings. The SMILES string of the molecule is CCCCCCCC/C=C\CCCCCCCCN[C@H](CO)CC(C)C. The lowest BCUT2D eigenvalue weighted by Crippen LogP contribution is -2.34. The molecule has 0 aliphatic carbocycles. The molecule has 0 saturated heterocycles. The largest absolute Gasteiger partial charge is 0.395 e. The zero-order valence-corrected chi connectivity index (χ0v) is 18.3. The highest BCUT2D eigenvalue weighted by Gasteiger charge is 2.07. The summed E-state index contributed by atoms with van der Waals surface area (Å²) >= 11 is 0. The third-order valence-electron chi connectivity index (χ3n) is 5.10. The van der Waals surface area contributed by atoms with Crippen molar-refractivity contribution in [2.24, 2.45) is 5.92 Å². The minimum Gasteiger partial charge on any atom is -0.395 e. The summed E-state index contributed by atoms with van der Waals surface area (Å²) in [5.41, 5.74) is 0. The van der Waals surface area contributed by atoms with Crippen LogP contribution in [0.25, 0.3) is 0 Å². The first-order chi connectivity index (χ1) is 12.7. The number of unbranched alkanes of at least 4 members (excludes halogenated alkanes) is 12. The van der Waals surface area contributed by atoms with E-state index in [0.29, 0.717) is 5.92 Å². The van der Waals surface area contributed by atoms with Crippen LogP contribution in [-0.2, 0) is 0 Å². The Morgan fingerprint density at radius 2 is 1.23 bits per heavy atom. The van der Waals surface area contributed by atoms with Gasteiger partial charge in [-0.3, -0.25) is 0 Å². The number of rotatable bonds is 20. The molecule has 0 saturated carbocycles. The molecule has 1 atom stereocenters. The highest BCUT2D eigenvalue weighted by Crippen LogP contribution is 2.10. The van der Waals surface area contributed by atoms with Crippen molar-refractivity contribution in [3.63, 3.8) is 0 Å². The number of allylic oxidation sites excluding steroid dienone is 2. The number of nitrogens with one attached hydrogen (secondary N) is 1. The molecular weight excluding hydrogens is 318 g/mol. The summed E-state index contributed by atoms with van der Waals surface area (Å²) in [6.07, 6.45) is 24.9. The topological polar surface area (TPSA) is 32.3 Å². The molecule has 2 N–H and O–H groups in total. The van der Waals surface area contributed by atoms with E-state index in [9.17, 15) is 5.11 Å². The molecule has 0 aliphatic heterocycles. The second-order valence-corrected chi connectivity index (χ2v) is 8.40. The lowest BCUT2D eigenvalue weighted by Gasteiger charge is -2.18. The van der Waals surface area contributed by atoms with Gasteiger partial charge >= 0.3 is 0 Å². The van der Waals surface area contributed by atoms with Gasteiger partial charge in [-0.25, -0.2) is 0 Å². The maximum Gasteiger partial charge on any atom is 0.0584 e. The van der Waals surface area contributed by atoms with Gasteiger partial charge in [-0.1, -0.05) is 90.7 Å². The van der Waals surface area contributed by atoms with Gasteiger partial charge in [-0.15, -0.1) is 0 Å². The average molecular weight is 368 g/mol. The molecule has 0 bridgehead atoms. The van der Waals surface area contributed by atoms with Gasteiger partial charge in [0.15, 0.2) is 0 Å². The van der Waals surface area contributed by atoms with Crippen LogP contribution in [0.1, 0.15) is 117 Å². The van der Waals surface area contributed by atoms with Crippen LogP contribution in [0.5, 0.6) is 0 Å². The Kier molecular flexibility index (Phi) is 20.7.